The van der Waals surface area contributed by atoms with Crippen molar-refractivity contribution in [3.8, 4) is 11.3 Å². The highest BCUT2D eigenvalue weighted by molar-refractivity contribution is 6.31. The fourth-order valence-electron chi connectivity index (χ4n) is 2.09. The van der Waals surface area contributed by atoms with Crippen molar-refractivity contribution in [1.82, 2.24) is 5.32 Å². The van der Waals surface area contributed by atoms with E-state index in [1.165, 1.54) is 6.42 Å². The van der Waals surface area contributed by atoms with E-state index in [4.69, 9.17) is 16.0 Å². The summed E-state index contributed by atoms with van der Waals surface area (Å²) in [6.45, 7) is 8.26. The third-order valence-corrected chi connectivity index (χ3v) is 3.80. The summed E-state index contributed by atoms with van der Waals surface area (Å²) in [7, 11) is 0. The van der Waals surface area contributed by atoms with E-state index in [-0.39, 0.29) is 0 Å². The lowest BCUT2D eigenvalue weighted by Crippen LogP contribution is -2.15. The van der Waals surface area contributed by atoms with E-state index in [1.54, 1.807) is 0 Å². The summed E-state index contributed by atoms with van der Waals surface area (Å²) in [6.07, 6.45) is 1.18. The quantitative estimate of drug-likeness (QED) is 0.754. The molecule has 0 aliphatic heterocycles. The molecule has 0 aliphatic carbocycles. The number of rotatable bonds is 6. The van der Waals surface area contributed by atoms with Crippen LogP contribution in [0.4, 0.5) is 0 Å². The van der Waals surface area contributed by atoms with Gasteiger partial charge in [-0.05, 0) is 49.6 Å². The molecular formula is C17H22ClNO. The summed E-state index contributed by atoms with van der Waals surface area (Å²) in [5.41, 5.74) is 2.12. The molecule has 0 atom stereocenters. The lowest BCUT2D eigenvalue weighted by molar-refractivity contribution is 0.474. The predicted octanol–water partition coefficient (Wildman–Crippen LogP) is 5.04. The van der Waals surface area contributed by atoms with Gasteiger partial charge in [0.25, 0.3) is 0 Å². The summed E-state index contributed by atoms with van der Waals surface area (Å²) in [5.74, 6) is 2.57. The van der Waals surface area contributed by atoms with Gasteiger partial charge in [0.1, 0.15) is 11.5 Å². The van der Waals surface area contributed by atoms with Gasteiger partial charge >= 0.3 is 0 Å². The first-order chi connectivity index (χ1) is 9.58. The summed E-state index contributed by atoms with van der Waals surface area (Å²) in [5, 5.41) is 4.18. The molecule has 0 saturated carbocycles. The van der Waals surface area contributed by atoms with Crippen LogP contribution in [0.2, 0.25) is 5.02 Å². The van der Waals surface area contributed by atoms with E-state index in [0.29, 0.717) is 0 Å². The average molecular weight is 292 g/mol. The summed E-state index contributed by atoms with van der Waals surface area (Å²) >= 11 is 6.15. The molecule has 2 nitrogen and oxygen atoms in total. The van der Waals surface area contributed by atoms with Crippen LogP contribution in [0.25, 0.3) is 11.3 Å². The Morgan fingerprint density at radius 2 is 2.00 bits per heavy atom. The third-order valence-electron chi connectivity index (χ3n) is 3.39. The molecule has 0 amide bonds. The number of nitrogens with one attached hydrogen (secondary N) is 1. The molecule has 0 aliphatic rings. The molecule has 108 valence electrons. The zero-order valence-electron chi connectivity index (χ0n) is 12.4. The Bertz CT molecular complexity index is 560. The molecule has 1 heterocycles. The first kappa shape index (κ1) is 15.1. The fraction of sp³-hybridized carbons (Fsp3) is 0.412. The minimum Gasteiger partial charge on any atom is -0.460 e. The van der Waals surface area contributed by atoms with Crippen molar-refractivity contribution < 1.29 is 4.42 Å². The van der Waals surface area contributed by atoms with Crippen molar-refractivity contribution in [3.63, 3.8) is 0 Å². The van der Waals surface area contributed by atoms with Crippen LogP contribution in [0.1, 0.15) is 31.6 Å². The van der Waals surface area contributed by atoms with Gasteiger partial charge in [-0.3, -0.25) is 0 Å². The lowest BCUT2D eigenvalue weighted by Gasteiger charge is -2.06. The Morgan fingerprint density at radius 1 is 1.20 bits per heavy atom. The van der Waals surface area contributed by atoms with Gasteiger partial charge in [-0.1, -0.05) is 37.6 Å². The van der Waals surface area contributed by atoms with Crippen molar-refractivity contribution in [2.75, 3.05) is 6.54 Å². The zero-order chi connectivity index (χ0) is 14.5. The van der Waals surface area contributed by atoms with Crippen molar-refractivity contribution in [2.45, 2.75) is 33.7 Å². The lowest BCUT2D eigenvalue weighted by atomic mass is 10.1. The van der Waals surface area contributed by atoms with Gasteiger partial charge < -0.3 is 9.73 Å². The molecule has 2 aromatic rings. The molecule has 1 N–H and O–H groups in total. The van der Waals surface area contributed by atoms with Crippen LogP contribution >= 0.6 is 11.6 Å². The largest absolute Gasteiger partial charge is 0.460 e. The molecule has 1 aromatic heterocycles. The van der Waals surface area contributed by atoms with Crippen LogP contribution in [0.5, 0.6) is 0 Å². The van der Waals surface area contributed by atoms with E-state index in [1.807, 2.05) is 37.3 Å². The molecule has 0 bridgehead atoms. The van der Waals surface area contributed by atoms with Gasteiger partial charge in [0.2, 0.25) is 0 Å². The normalized spacial score (nSPS) is 11.2. The second-order valence-electron chi connectivity index (χ2n) is 5.54. The molecule has 2 rings (SSSR count). The molecule has 0 fully saturated rings. The van der Waals surface area contributed by atoms with Gasteiger partial charge in [-0.15, -0.1) is 0 Å². The van der Waals surface area contributed by atoms with E-state index >= 15 is 0 Å². The molecule has 0 radical (unpaired) electrons. The van der Waals surface area contributed by atoms with Crippen LogP contribution in [-0.2, 0) is 6.54 Å². The Hall–Kier alpha value is -1.25. The minimum absolute atomic E-state index is 0.726. The summed E-state index contributed by atoms with van der Waals surface area (Å²) < 4.78 is 5.89. The third kappa shape index (κ3) is 3.87. The minimum atomic E-state index is 0.726. The monoisotopic (exact) mass is 291 g/mol. The number of furan rings is 1. The maximum absolute atomic E-state index is 6.15. The SMILES string of the molecule is Cc1c(Cl)cccc1-c1ccc(CNCCC(C)C)o1. The van der Waals surface area contributed by atoms with Crippen molar-refractivity contribution >= 4 is 11.6 Å². The molecule has 1 aromatic carbocycles. The molecule has 0 saturated heterocycles. The van der Waals surface area contributed by atoms with Gasteiger partial charge in [0, 0.05) is 10.6 Å². The Morgan fingerprint density at radius 3 is 2.75 bits per heavy atom. The maximum atomic E-state index is 6.15. The van der Waals surface area contributed by atoms with Gasteiger partial charge in [-0.2, -0.15) is 0 Å². The molecule has 20 heavy (non-hydrogen) atoms. The van der Waals surface area contributed by atoms with Crippen LogP contribution < -0.4 is 5.32 Å². The number of benzene rings is 1. The summed E-state index contributed by atoms with van der Waals surface area (Å²) in [6, 6.07) is 9.93. The van der Waals surface area contributed by atoms with Crippen molar-refractivity contribution in [1.29, 1.82) is 0 Å². The Balaban J connectivity index is 2.00. The molecular weight excluding hydrogens is 270 g/mol. The second-order valence-corrected chi connectivity index (χ2v) is 5.94. The average Bonchev–Trinajstić information content (AvgIpc) is 2.86. The second kappa shape index (κ2) is 6.96. The topological polar surface area (TPSA) is 25.2 Å². The van der Waals surface area contributed by atoms with Crippen LogP contribution in [-0.4, -0.2) is 6.54 Å². The predicted molar refractivity (Wildman–Crippen MR) is 85.1 cm³/mol. The highest BCUT2D eigenvalue weighted by atomic mass is 35.5. The Labute approximate surface area is 126 Å². The molecule has 0 spiro atoms. The van der Waals surface area contributed by atoms with Crippen molar-refractivity contribution in [3.05, 3.63) is 46.7 Å². The fourth-order valence-corrected chi connectivity index (χ4v) is 2.27. The molecule has 3 heteroatoms. The van der Waals surface area contributed by atoms with Crippen LogP contribution in [0.3, 0.4) is 0 Å². The van der Waals surface area contributed by atoms with Crippen molar-refractivity contribution in [2.24, 2.45) is 5.92 Å². The first-order valence-electron chi connectivity index (χ1n) is 7.13. The van der Waals surface area contributed by atoms with E-state index in [9.17, 15) is 0 Å². The standard InChI is InChI=1S/C17H22ClNO/c1-12(2)9-10-19-11-14-7-8-17(20-14)15-5-4-6-16(18)13(15)3/h4-8,12,19H,9-11H2,1-3H3. The molecule has 0 unspecified atom stereocenters. The maximum Gasteiger partial charge on any atom is 0.134 e. The number of halogens is 1. The highest BCUT2D eigenvalue weighted by Gasteiger charge is 2.09. The van der Waals surface area contributed by atoms with Crippen LogP contribution in [0, 0.1) is 12.8 Å². The zero-order valence-corrected chi connectivity index (χ0v) is 13.1. The smallest absolute Gasteiger partial charge is 0.134 e. The number of hydrogen-bond donors (Lipinski definition) is 1. The van der Waals surface area contributed by atoms with Gasteiger partial charge in [0.15, 0.2) is 0 Å². The van der Waals surface area contributed by atoms with Crippen LogP contribution in [0.15, 0.2) is 34.7 Å². The first-order valence-corrected chi connectivity index (χ1v) is 7.50. The van der Waals surface area contributed by atoms with Gasteiger partial charge in [-0.25, -0.2) is 0 Å². The number of hydrogen-bond acceptors (Lipinski definition) is 2. The van der Waals surface area contributed by atoms with E-state index < -0.39 is 0 Å². The van der Waals surface area contributed by atoms with E-state index in [2.05, 4.69) is 19.2 Å². The summed E-state index contributed by atoms with van der Waals surface area (Å²) in [4.78, 5) is 0. The Kier molecular flexibility index (Phi) is 5.27. The van der Waals surface area contributed by atoms with E-state index in [0.717, 1.165) is 46.7 Å². The highest BCUT2D eigenvalue weighted by Crippen LogP contribution is 2.29. The van der Waals surface area contributed by atoms with Gasteiger partial charge in [0.05, 0.1) is 6.54 Å².